The van der Waals surface area contributed by atoms with E-state index >= 15 is 0 Å². The van der Waals surface area contributed by atoms with E-state index in [9.17, 15) is 0 Å². The molecule has 1 aromatic heterocycles. The van der Waals surface area contributed by atoms with Crippen molar-refractivity contribution in [1.29, 1.82) is 0 Å². The number of anilines is 1. The second-order valence-corrected chi connectivity index (χ2v) is 7.19. The maximum Gasteiger partial charge on any atom is 0.128 e. The zero-order chi connectivity index (χ0) is 14.8. The predicted molar refractivity (Wildman–Crippen MR) is 86.2 cm³/mol. The average molecular weight is 275 g/mol. The minimum Gasteiger partial charge on any atom is -0.357 e. The third-order valence-corrected chi connectivity index (χ3v) is 4.10. The van der Waals surface area contributed by atoms with E-state index in [2.05, 4.69) is 57.0 Å². The molecule has 1 aliphatic rings. The number of nitrogens with zero attached hydrogens (tertiary/aromatic N) is 2. The van der Waals surface area contributed by atoms with Crippen molar-refractivity contribution >= 4 is 5.82 Å². The maximum atomic E-state index is 4.81. The van der Waals surface area contributed by atoms with Gasteiger partial charge in [-0.2, -0.15) is 0 Å². The van der Waals surface area contributed by atoms with Crippen molar-refractivity contribution < 1.29 is 0 Å². The lowest BCUT2D eigenvalue weighted by Gasteiger charge is -2.31. The first-order chi connectivity index (χ1) is 9.35. The highest BCUT2D eigenvalue weighted by Crippen LogP contribution is 2.22. The number of pyridine rings is 1. The van der Waals surface area contributed by atoms with Crippen LogP contribution in [0.25, 0.3) is 0 Å². The molecule has 2 rings (SSSR count). The molecule has 0 aromatic carbocycles. The Morgan fingerprint density at radius 2 is 1.90 bits per heavy atom. The van der Waals surface area contributed by atoms with Crippen LogP contribution in [-0.4, -0.2) is 23.6 Å². The maximum absolute atomic E-state index is 4.81. The highest BCUT2D eigenvalue weighted by atomic mass is 15.2. The Balaban J connectivity index is 2.02. The van der Waals surface area contributed by atoms with Crippen LogP contribution >= 0.6 is 0 Å². The van der Waals surface area contributed by atoms with Crippen LogP contribution in [0, 0.1) is 12.8 Å². The molecule has 3 heteroatoms. The first-order valence-electron chi connectivity index (χ1n) is 7.81. The summed E-state index contributed by atoms with van der Waals surface area (Å²) in [5, 5.41) is 3.53. The summed E-state index contributed by atoms with van der Waals surface area (Å²) in [6, 6.07) is 4.41. The zero-order valence-corrected chi connectivity index (χ0v) is 13.7. The van der Waals surface area contributed by atoms with E-state index in [0.717, 1.165) is 37.1 Å². The first kappa shape index (κ1) is 15.3. The number of hydrogen-bond acceptors (Lipinski definition) is 3. The largest absolute Gasteiger partial charge is 0.357 e. The number of aromatic nitrogens is 1. The Labute approximate surface area is 123 Å². The fourth-order valence-corrected chi connectivity index (χ4v) is 2.54. The summed E-state index contributed by atoms with van der Waals surface area (Å²) in [6.45, 7) is 14.2. The fraction of sp³-hybridized carbons (Fsp3) is 0.706. The van der Waals surface area contributed by atoms with Gasteiger partial charge in [-0.15, -0.1) is 0 Å². The third-order valence-electron chi connectivity index (χ3n) is 4.10. The van der Waals surface area contributed by atoms with Gasteiger partial charge in [0, 0.05) is 30.9 Å². The quantitative estimate of drug-likeness (QED) is 0.915. The Bertz CT molecular complexity index is 440. The molecule has 0 unspecified atom stereocenters. The number of aryl methyl sites for hydroxylation is 1. The van der Waals surface area contributed by atoms with E-state index in [1.807, 2.05) is 0 Å². The van der Waals surface area contributed by atoms with Crippen LogP contribution in [0.4, 0.5) is 5.82 Å². The monoisotopic (exact) mass is 275 g/mol. The van der Waals surface area contributed by atoms with Crippen molar-refractivity contribution in [1.82, 2.24) is 10.3 Å². The van der Waals surface area contributed by atoms with Crippen molar-refractivity contribution in [3.8, 4) is 0 Å². The van der Waals surface area contributed by atoms with E-state index in [-0.39, 0.29) is 5.54 Å². The molecular formula is C17H29N3. The summed E-state index contributed by atoms with van der Waals surface area (Å²) in [4.78, 5) is 7.23. The van der Waals surface area contributed by atoms with Gasteiger partial charge in [0.1, 0.15) is 5.82 Å². The summed E-state index contributed by atoms with van der Waals surface area (Å²) in [6.07, 6.45) is 2.57. The second-order valence-electron chi connectivity index (χ2n) is 7.19. The molecular weight excluding hydrogens is 246 g/mol. The van der Waals surface area contributed by atoms with Gasteiger partial charge in [0.15, 0.2) is 0 Å². The van der Waals surface area contributed by atoms with E-state index in [0.29, 0.717) is 0 Å². The van der Waals surface area contributed by atoms with E-state index in [4.69, 9.17) is 4.98 Å². The Hall–Kier alpha value is -1.09. The molecule has 0 radical (unpaired) electrons. The van der Waals surface area contributed by atoms with Gasteiger partial charge < -0.3 is 10.2 Å². The summed E-state index contributed by atoms with van der Waals surface area (Å²) in [7, 11) is 0. The predicted octanol–water partition coefficient (Wildman–Crippen LogP) is 3.51. The molecule has 0 amide bonds. The molecule has 1 fully saturated rings. The average Bonchev–Trinajstić information content (AvgIpc) is 2.37. The van der Waals surface area contributed by atoms with Gasteiger partial charge >= 0.3 is 0 Å². The molecule has 1 aromatic rings. The molecule has 20 heavy (non-hydrogen) atoms. The number of piperidine rings is 1. The molecule has 1 saturated heterocycles. The molecule has 2 heterocycles. The van der Waals surface area contributed by atoms with Crippen molar-refractivity contribution in [2.45, 2.75) is 59.5 Å². The Morgan fingerprint density at radius 3 is 2.45 bits per heavy atom. The van der Waals surface area contributed by atoms with Gasteiger partial charge in [-0.1, -0.05) is 13.0 Å². The normalized spacial score (nSPS) is 17.6. The van der Waals surface area contributed by atoms with Gasteiger partial charge in [-0.05, 0) is 58.1 Å². The molecule has 0 atom stereocenters. The lowest BCUT2D eigenvalue weighted by molar-refractivity contribution is 0.423. The number of nitrogens with one attached hydrogen (secondary N) is 1. The summed E-state index contributed by atoms with van der Waals surface area (Å²) >= 11 is 0. The third kappa shape index (κ3) is 4.20. The Kier molecular flexibility index (Phi) is 4.69. The minimum absolute atomic E-state index is 0.147. The van der Waals surface area contributed by atoms with Crippen LogP contribution in [0.1, 0.15) is 51.8 Å². The molecule has 0 saturated carbocycles. The van der Waals surface area contributed by atoms with Crippen molar-refractivity contribution in [2.24, 2.45) is 5.92 Å². The first-order valence-corrected chi connectivity index (χ1v) is 7.81. The molecule has 1 N–H and O–H groups in total. The Morgan fingerprint density at radius 1 is 1.25 bits per heavy atom. The molecule has 0 spiro atoms. The molecule has 1 aliphatic heterocycles. The zero-order valence-electron chi connectivity index (χ0n) is 13.7. The fourth-order valence-electron chi connectivity index (χ4n) is 2.54. The van der Waals surface area contributed by atoms with Gasteiger partial charge in [0.05, 0.1) is 0 Å². The standard InChI is InChI=1S/C17H29N3/c1-13-8-10-20(11-9-13)16-7-6-15(14(2)19-16)12-18-17(3,4)5/h6-7,13,18H,8-12H2,1-5H3. The van der Waals surface area contributed by atoms with Gasteiger partial charge in [-0.3, -0.25) is 0 Å². The number of rotatable bonds is 3. The summed E-state index contributed by atoms with van der Waals surface area (Å²) in [5.74, 6) is 2.01. The lowest BCUT2D eigenvalue weighted by Crippen LogP contribution is -2.35. The van der Waals surface area contributed by atoms with Gasteiger partial charge in [-0.25, -0.2) is 4.98 Å². The van der Waals surface area contributed by atoms with Gasteiger partial charge in [0.25, 0.3) is 0 Å². The minimum atomic E-state index is 0.147. The van der Waals surface area contributed by atoms with E-state index in [1.165, 1.54) is 18.4 Å². The van der Waals surface area contributed by atoms with Crippen LogP contribution in [0.3, 0.4) is 0 Å². The molecule has 0 aliphatic carbocycles. The smallest absolute Gasteiger partial charge is 0.128 e. The van der Waals surface area contributed by atoms with Crippen molar-refractivity contribution in [3.63, 3.8) is 0 Å². The van der Waals surface area contributed by atoms with Crippen LogP contribution < -0.4 is 10.2 Å². The van der Waals surface area contributed by atoms with Crippen LogP contribution in [-0.2, 0) is 6.54 Å². The number of hydrogen-bond donors (Lipinski definition) is 1. The van der Waals surface area contributed by atoms with Gasteiger partial charge in [0.2, 0.25) is 0 Å². The van der Waals surface area contributed by atoms with Crippen molar-refractivity contribution in [3.05, 3.63) is 23.4 Å². The SMILES string of the molecule is Cc1nc(N2CCC(C)CC2)ccc1CNC(C)(C)C. The second kappa shape index (κ2) is 6.13. The molecule has 3 nitrogen and oxygen atoms in total. The van der Waals surface area contributed by atoms with Crippen LogP contribution in [0.2, 0.25) is 0 Å². The lowest BCUT2D eigenvalue weighted by atomic mass is 9.99. The molecule has 0 bridgehead atoms. The van der Waals surface area contributed by atoms with Crippen LogP contribution in [0.5, 0.6) is 0 Å². The highest BCUT2D eigenvalue weighted by molar-refractivity contribution is 5.42. The highest BCUT2D eigenvalue weighted by Gasteiger charge is 2.17. The van der Waals surface area contributed by atoms with Crippen LogP contribution in [0.15, 0.2) is 12.1 Å². The summed E-state index contributed by atoms with van der Waals surface area (Å²) in [5.41, 5.74) is 2.60. The van der Waals surface area contributed by atoms with Crippen molar-refractivity contribution in [2.75, 3.05) is 18.0 Å². The summed E-state index contributed by atoms with van der Waals surface area (Å²) < 4.78 is 0. The topological polar surface area (TPSA) is 28.2 Å². The molecule has 112 valence electrons. The van der Waals surface area contributed by atoms with E-state index < -0.39 is 0 Å². The van der Waals surface area contributed by atoms with E-state index in [1.54, 1.807) is 0 Å².